The zero-order valence-electron chi connectivity index (χ0n) is 19.4. The summed E-state index contributed by atoms with van der Waals surface area (Å²) in [5.74, 6) is 0.567. The fraction of sp³-hybridized carbons (Fsp3) is 1.00. The Morgan fingerprint density at radius 1 is 0.897 bits per heavy atom. The molecule has 5 aliphatic rings. The van der Waals surface area contributed by atoms with Gasteiger partial charge in [0.05, 0.1) is 52.9 Å². The van der Waals surface area contributed by atoms with Crippen molar-refractivity contribution >= 4 is 0 Å². The van der Waals surface area contributed by atoms with E-state index in [0.717, 1.165) is 32.1 Å². The van der Waals surface area contributed by atoms with Gasteiger partial charge in [0.2, 0.25) is 0 Å². The first-order valence-corrected chi connectivity index (χ1v) is 11.7. The average Bonchev–Trinajstić information content (AvgIpc) is 3.54. The summed E-state index contributed by atoms with van der Waals surface area (Å²) < 4.78 is 30.2. The molecular formula is C24H40O5. The van der Waals surface area contributed by atoms with Crippen molar-refractivity contribution in [2.75, 3.05) is 6.61 Å². The van der Waals surface area contributed by atoms with Gasteiger partial charge in [0, 0.05) is 6.42 Å². The van der Waals surface area contributed by atoms with Gasteiger partial charge in [0.25, 0.3) is 0 Å². The highest BCUT2D eigenvalue weighted by Gasteiger charge is 2.63. The minimum Gasteiger partial charge on any atom is -0.372 e. The third-order valence-electron chi connectivity index (χ3n) is 8.84. The molecule has 5 nitrogen and oxygen atoms in total. The summed E-state index contributed by atoms with van der Waals surface area (Å²) in [6.45, 7) is 16.2. The molecule has 4 saturated heterocycles. The lowest BCUT2D eigenvalue weighted by atomic mass is 9.75. The third kappa shape index (κ3) is 3.91. The first-order valence-electron chi connectivity index (χ1n) is 11.7. The van der Waals surface area contributed by atoms with Crippen LogP contribution >= 0.6 is 0 Å². The fourth-order valence-electron chi connectivity index (χ4n) is 5.66. The molecule has 5 rings (SSSR count). The first kappa shape index (κ1) is 20.7. The average molecular weight is 409 g/mol. The van der Waals surface area contributed by atoms with Crippen molar-refractivity contribution in [2.24, 2.45) is 5.92 Å². The van der Waals surface area contributed by atoms with Crippen molar-refractivity contribution in [3.05, 3.63) is 0 Å². The van der Waals surface area contributed by atoms with Gasteiger partial charge in [-0.25, -0.2) is 0 Å². The van der Waals surface area contributed by atoms with Gasteiger partial charge in [0.15, 0.2) is 0 Å². The number of hydrogen-bond acceptors (Lipinski definition) is 5. The van der Waals surface area contributed by atoms with Crippen LogP contribution in [-0.2, 0) is 23.7 Å². The van der Waals surface area contributed by atoms with Crippen LogP contribution in [0.2, 0.25) is 0 Å². The Kier molecular flexibility index (Phi) is 4.42. The highest BCUT2D eigenvalue weighted by molar-refractivity contribution is 5.10. The molecule has 0 N–H and O–H groups in total. The molecule has 0 aromatic heterocycles. The topological polar surface area (TPSA) is 59.4 Å². The smallest absolute Gasteiger partial charge is 0.110 e. The maximum absolute atomic E-state index is 6.41. The largest absolute Gasteiger partial charge is 0.372 e. The van der Waals surface area contributed by atoms with Crippen LogP contribution in [0.4, 0.5) is 0 Å². The summed E-state index contributed by atoms with van der Waals surface area (Å²) in [6, 6.07) is 0. The summed E-state index contributed by atoms with van der Waals surface area (Å²) in [7, 11) is 0. The minimum absolute atomic E-state index is 0.000675. The highest BCUT2D eigenvalue weighted by atomic mass is 16.6. The van der Waals surface area contributed by atoms with Gasteiger partial charge in [-0.1, -0.05) is 0 Å². The summed E-state index contributed by atoms with van der Waals surface area (Å²) in [5, 5.41) is 0. The van der Waals surface area contributed by atoms with Gasteiger partial charge in [0.1, 0.15) is 6.10 Å². The predicted octanol–water partition coefficient (Wildman–Crippen LogP) is 4.40. The molecule has 0 spiro atoms. The van der Waals surface area contributed by atoms with Crippen LogP contribution in [0.15, 0.2) is 0 Å². The van der Waals surface area contributed by atoms with E-state index in [9.17, 15) is 0 Å². The molecule has 5 heteroatoms. The van der Waals surface area contributed by atoms with Crippen LogP contribution in [0.3, 0.4) is 0 Å². The summed E-state index contributed by atoms with van der Waals surface area (Å²) >= 11 is 0. The van der Waals surface area contributed by atoms with Gasteiger partial charge in [-0.05, 0) is 86.5 Å². The number of rotatable bonds is 9. The standard InChI is InChI=1S/C24H40O5/c1-20(2,15-8-10-22(5)17(12-15)27-22)25-14-19-24(7,29-19)13-18-23(6,28-18)11-9-16-21(3,4)26-16/h15-19H,8-14H2,1-7H3. The number of ether oxygens (including phenoxy) is 5. The minimum atomic E-state index is -0.123. The molecule has 0 radical (unpaired) electrons. The normalized spacial score (nSPS) is 52.0. The molecule has 166 valence electrons. The van der Waals surface area contributed by atoms with Crippen LogP contribution in [-0.4, -0.2) is 59.0 Å². The SMILES string of the molecule is CC(C)(OCC1OC1(C)CC1OC1(C)CCC1OC1(C)C)C1CCC2(C)OC2C1. The van der Waals surface area contributed by atoms with Crippen molar-refractivity contribution in [1.29, 1.82) is 0 Å². The lowest BCUT2D eigenvalue weighted by Crippen LogP contribution is -2.40. The maximum atomic E-state index is 6.41. The monoisotopic (exact) mass is 408 g/mol. The molecule has 1 saturated carbocycles. The van der Waals surface area contributed by atoms with Crippen LogP contribution in [0, 0.1) is 5.92 Å². The number of fused-ring (bicyclic) bond motifs is 1. The van der Waals surface area contributed by atoms with Crippen LogP contribution in [0.25, 0.3) is 0 Å². The summed E-state index contributed by atoms with van der Waals surface area (Å²) in [6.07, 6.45) is 7.94. The zero-order chi connectivity index (χ0) is 20.9. The van der Waals surface area contributed by atoms with Crippen molar-refractivity contribution < 1.29 is 23.7 Å². The summed E-state index contributed by atoms with van der Waals surface area (Å²) in [5.41, 5.74) is 0.0221. The van der Waals surface area contributed by atoms with Crippen molar-refractivity contribution in [3.8, 4) is 0 Å². The van der Waals surface area contributed by atoms with Crippen molar-refractivity contribution in [2.45, 2.75) is 139 Å². The Morgan fingerprint density at radius 2 is 1.59 bits per heavy atom. The molecule has 29 heavy (non-hydrogen) atoms. The van der Waals surface area contributed by atoms with Crippen LogP contribution in [0.1, 0.15) is 87.0 Å². The second-order valence-electron chi connectivity index (χ2n) is 12.1. The second kappa shape index (κ2) is 6.19. The molecule has 0 bridgehead atoms. The molecular weight excluding hydrogens is 368 g/mol. The van der Waals surface area contributed by atoms with Gasteiger partial charge in [-0.3, -0.25) is 0 Å². The first-order chi connectivity index (χ1) is 13.4. The van der Waals surface area contributed by atoms with Crippen molar-refractivity contribution in [1.82, 2.24) is 0 Å². The highest BCUT2D eigenvalue weighted by Crippen LogP contribution is 2.54. The van der Waals surface area contributed by atoms with E-state index >= 15 is 0 Å². The maximum Gasteiger partial charge on any atom is 0.110 e. The van der Waals surface area contributed by atoms with E-state index in [0.29, 0.717) is 30.8 Å². The van der Waals surface area contributed by atoms with Gasteiger partial charge in [-0.2, -0.15) is 0 Å². The van der Waals surface area contributed by atoms with E-state index in [4.69, 9.17) is 23.7 Å². The Hall–Kier alpha value is -0.200. The zero-order valence-corrected chi connectivity index (χ0v) is 19.4. The predicted molar refractivity (Wildman–Crippen MR) is 110 cm³/mol. The Labute approximate surface area is 176 Å². The second-order valence-corrected chi connectivity index (χ2v) is 12.1. The third-order valence-corrected chi connectivity index (χ3v) is 8.84. The van der Waals surface area contributed by atoms with E-state index in [1.807, 2.05) is 0 Å². The van der Waals surface area contributed by atoms with Gasteiger partial charge < -0.3 is 23.7 Å². The van der Waals surface area contributed by atoms with Gasteiger partial charge in [-0.15, -0.1) is 0 Å². The quantitative estimate of drug-likeness (QED) is 0.529. The molecule has 5 fully saturated rings. The summed E-state index contributed by atoms with van der Waals surface area (Å²) in [4.78, 5) is 0. The fourth-order valence-corrected chi connectivity index (χ4v) is 5.66. The van der Waals surface area contributed by atoms with Gasteiger partial charge >= 0.3 is 0 Å². The Morgan fingerprint density at radius 3 is 2.24 bits per heavy atom. The Bertz CT molecular complexity index is 676. The molecule has 0 aromatic carbocycles. The van der Waals surface area contributed by atoms with E-state index in [1.54, 1.807) is 0 Å². The Balaban J connectivity index is 1.04. The lowest BCUT2D eigenvalue weighted by Gasteiger charge is -2.36. The molecule has 8 atom stereocenters. The van der Waals surface area contributed by atoms with E-state index < -0.39 is 0 Å². The van der Waals surface area contributed by atoms with Crippen LogP contribution < -0.4 is 0 Å². The van der Waals surface area contributed by atoms with E-state index in [-0.39, 0.29) is 34.1 Å². The molecule has 8 unspecified atom stereocenters. The molecule has 1 aliphatic carbocycles. The lowest BCUT2D eigenvalue weighted by molar-refractivity contribution is -0.0740. The van der Waals surface area contributed by atoms with E-state index in [2.05, 4.69) is 48.5 Å². The number of hydrogen-bond donors (Lipinski definition) is 0. The molecule has 4 aliphatic heterocycles. The van der Waals surface area contributed by atoms with Crippen molar-refractivity contribution in [3.63, 3.8) is 0 Å². The molecule has 0 aromatic rings. The number of epoxide rings is 4. The van der Waals surface area contributed by atoms with Crippen LogP contribution in [0.5, 0.6) is 0 Å². The molecule has 4 heterocycles. The molecule has 0 amide bonds. The van der Waals surface area contributed by atoms with E-state index in [1.165, 1.54) is 6.42 Å².